The van der Waals surface area contributed by atoms with Crippen molar-refractivity contribution in [3.05, 3.63) is 80.5 Å². The number of nitrogens with zero attached hydrogens (tertiary/aromatic N) is 4. The molecule has 0 spiro atoms. The normalized spacial score (nSPS) is 12.9. The molecule has 0 atom stereocenters. The first kappa shape index (κ1) is 19.8. The minimum atomic E-state index is -0.350. The monoisotopic (exact) mass is 405 g/mol. The molecule has 2 heterocycles. The number of amides is 1. The van der Waals surface area contributed by atoms with Crippen LogP contribution in [0.25, 0.3) is 11.3 Å². The van der Waals surface area contributed by atoms with Gasteiger partial charge in [0, 0.05) is 24.2 Å². The number of benzene rings is 1. The molecule has 154 valence electrons. The molecule has 0 saturated carbocycles. The minimum absolute atomic E-state index is 0.154. The van der Waals surface area contributed by atoms with E-state index in [4.69, 9.17) is 0 Å². The number of aryl methyl sites for hydroxylation is 2. The van der Waals surface area contributed by atoms with Crippen LogP contribution in [0.4, 0.5) is 0 Å². The van der Waals surface area contributed by atoms with Crippen molar-refractivity contribution in [2.45, 2.75) is 38.8 Å². The topological polar surface area (TPSA) is 98.9 Å². The molecule has 1 amide bonds. The summed E-state index contributed by atoms with van der Waals surface area (Å²) in [5.74, 6) is -0.346. The molecule has 8 nitrogen and oxygen atoms in total. The van der Waals surface area contributed by atoms with Crippen LogP contribution in [0, 0.1) is 0 Å². The largest absolute Gasteiger partial charge is 0.353 e. The molecule has 0 aliphatic heterocycles. The molecule has 8 heteroatoms. The first-order valence-electron chi connectivity index (χ1n) is 10.1. The molecule has 1 aromatic carbocycles. The predicted molar refractivity (Wildman–Crippen MR) is 112 cm³/mol. The fraction of sp³-hybridized carbons (Fsp3) is 0.318. The van der Waals surface area contributed by atoms with Gasteiger partial charge in [-0.05, 0) is 37.3 Å². The Balaban J connectivity index is 1.38. The maximum atomic E-state index is 12.3. The van der Waals surface area contributed by atoms with Crippen molar-refractivity contribution in [1.82, 2.24) is 24.9 Å². The number of rotatable bonds is 6. The van der Waals surface area contributed by atoms with E-state index in [9.17, 15) is 14.4 Å². The Morgan fingerprint density at radius 3 is 2.57 bits per heavy atom. The predicted octanol–water partition coefficient (Wildman–Crippen LogP) is 1.16. The second-order valence-electron chi connectivity index (χ2n) is 7.32. The molecule has 4 rings (SSSR count). The molecule has 0 fully saturated rings. The van der Waals surface area contributed by atoms with Gasteiger partial charge in [0.25, 0.3) is 11.1 Å². The van der Waals surface area contributed by atoms with Gasteiger partial charge in [-0.1, -0.05) is 30.3 Å². The number of carbonyl (C=O) groups excluding carboxylic acids is 1. The molecule has 0 saturated heterocycles. The SMILES string of the molecule is O=C(Cn1nc(-c2ccccc2)ccc1=O)NCCn1nc2c(cc1=O)CCCC2. The summed E-state index contributed by atoms with van der Waals surface area (Å²) in [6.45, 7) is 0.341. The van der Waals surface area contributed by atoms with Crippen LogP contribution in [-0.2, 0) is 30.7 Å². The fourth-order valence-electron chi connectivity index (χ4n) is 3.58. The Morgan fingerprint density at radius 2 is 1.73 bits per heavy atom. The number of nitrogens with one attached hydrogen (secondary N) is 1. The Bertz CT molecular complexity index is 1170. The first-order chi connectivity index (χ1) is 14.6. The van der Waals surface area contributed by atoms with Crippen LogP contribution in [0.15, 0.2) is 58.1 Å². The van der Waals surface area contributed by atoms with E-state index in [1.165, 1.54) is 10.7 Å². The standard InChI is InChI=1S/C22H23N5O3/c28-20(15-27-21(29)11-10-19(25-27)16-6-2-1-3-7-16)23-12-13-26-22(30)14-17-8-4-5-9-18(17)24-26/h1-3,6-7,10-11,14H,4-5,8-9,12-13,15H2,(H,23,28). The molecule has 1 aliphatic carbocycles. The van der Waals surface area contributed by atoms with E-state index in [1.54, 1.807) is 12.1 Å². The molecule has 1 N–H and O–H groups in total. The highest BCUT2D eigenvalue weighted by Gasteiger charge is 2.13. The van der Waals surface area contributed by atoms with Crippen LogP contribution in [0.1, 0.15) is 24.1 Å². The summed E-state index contributed by atoms with van der Waals surface area (Å²) in [6.07, 6.45) is 3.96. The summed E-state index contributed by atoms with van der Waals surface area (Å²) in [6, 6.07) is 14.1. The summed E-state index contributed by atoms with van der Waals surface area (Å²) < 4.78 is 2.53. The summed E-state index contributed by atoms with van der Waals surface area (Å²) >= 11 is 0. The quantitative estimate of drug-likeness (QED) is 0.664. The van der Waals surface area contributed by atoms with E-state index < -0.39 is 0 Å². The molecule has 0 unspecified atom stereocenters. The number of aromatic nitrogens is 4. The Hall–Kier alpha value is -3.55. The van der Waals surface area contributed by atoms with Gasteiger partial charge in [-0.25, -0.2) is 9.36 Å². The first-order valence-corrected chi connectivity index (χ1v) is 10.1. The van der Waals surface area contributed by atoms with Gasteiger partial charge >= 0.3 is 0 Å². The molecule has 30 heavy (non-hydrogen) atoms. The van der Waals surface area contributed by atoms with Crippen molar-refractivity contribution in [3.63, 3.8) is 0 Å². The lowest BCUT2D eigenvalue weighted by molar-refractivity contribution is -0.121. The van der Waals surface area contributed by atoms with Crippen LogP contribution < -0.4 is 16.4 Å². The van der Waals surface area contributed by atoms with Crippen molar-refractivity contribution < 1.29 is 4.79 Å². The van der Waals surface area contributed by atoms with Crippen LogP contribution in [0.3, 0.4) is 0 Å². The average molecular weight is 405 g/mol. The van der Waals surface area contributed by atoms with Gasteiger partial charge in [-0.2, -0.15) is 10.2 Å². The van der Waals surface area contributed by atoms with Crippen molar-refractivity contribution >= 4 is 5.91 Å². The molecular formula is C22H23N5O3. The van der Waals surface area contributed by atoms with Gasteiger partial charge in [0.2, 0.25) is 5.91 Å². The second-order valence-corrected chi connectivity index (χ2v) is 7.32. The third kappa shape index (κ3) is 4.53. The summed E-state index contributed by atoms with van der Waals surface area (Å²) in [4.78, 5) is 36.6. The van der Waals surface area contributed by atoms with Gasteiger partial charge in [0.05, 0.1) is 17.9 Å². The minimum Gasteiger partial charge on any atom is -0.353 e. The highest BCUT2D eigenvalue weighted by atomic mass is 16.2. The third-order valence-electron chi connectivity index (χ3n) is 5.15. The lowest BCUT2D eigenvalue weighted by Gasteiger charge is -2.16. The summed E-state index contributed by atoms with van der Waals surface area (Å²) in [7, 11) is 0. The third-order valence-corrected chi connectivity index (χ3v) is 5.15. The zero-order valence-electron chi connectivity index (χ0n) is 16.6. The Kier molecular flexibility index (Phi) is 5.83. The van der Waals surface area contributed by atoms with E-state index in [0.29, 0.717) is 5.69 Å². The maximum Gasteiger partial charge on any atom is 0.267 e. The van der Waals surface area contributed by atoms with Crippen molar-refractivity contribution in [3.8, 4) is 11.3 Å². The second kappa shape index (κ2) is 8.86. The van der Waals surface area contributed by atoms with Crippen LogP contribution in [0.2, 0.25) is 0 Å². The maximum absolute atomic E-state index is 12.3. The fourth-order valence-corrected chi connectivity index (χ4v) is 3.58. The average Bonchev–Trinajstić information content (AvgIpc) is 2.76. The van der Waals surface area contributed by atoms with Gasteiger partial charge in [0.15, 0.2) is 0 Å². The van der Waals surface area contributed by atoms with Crippen LogP contribution in [-0.4, -0.2) is 32.0 Å². The van der Waals surface area contributed by atoms with Gasteiger partial charge in [0.1, 0.15) is 6.54 Å². The molecule has 0 radical (unpaired) electrons. The van der Waals surface area contributed by atoms with E-state index in [0.717, 1.165) is 47.2 Å². The molecule has 0 bridgehead atoms. The number of hydrogen-bond donors (Lipinski definition) is 1. The van der Waals surface area contributed by atoms with Crippen molar-refractivity contribution in [2.75, 3.05) is 6.54 Å². The highest BCUT2D eigenvalue weighted by Crippen LogP contribution is 2.16. The van der Waals surface area contributed by atoms with E-state index in [1.807, 2.05) is 30.3 Å². The molecular weight excluding hydrogens is 382 g/mol. The zero-order valence-corrected chi connectivity index (χ0v) is 16.6. The Labute approximate surface area is 173 Å². The van der Waals surface area contributed by atoms with Crippen LogP contribution in [0.5, 0.6) is 0 Å². The Morgan fingerprint density at radius 1 is 0.933 bits per heavy atom. The lowest BCUT2D eigenvalue weighted by atomic mass is 9.97. The molecule has 1 aliphatic rings. The van der Waals surface area contributed by atoms with Crippen molar-refractivity contribution in [1.29, 1.82) is 0 Å². The van der Waals surface area contributed by atoms with Gasteiger partial charge in [-0.15, -0.1) is 0 Å². The highest BCUT2D eigenvalue weighted by molar-refractivity contribution is 5.75. The van der Waals surface area contributed by atoms with Crippen molar-refractivity contribution in [2.24, 2.45) is 0 Å². The van der Waals surface area contributed by atoms with Gasteiger partial charge < -0.3 is 5.32 Å². The van der Waals surface area contributed by atoms with E-state index in [2.05, 4.69) is 15.5 Å². The summed E-state index contributed by atoms with van der Waals surface area (Å²) in [5.41, 5.74) is 2.99. The number of carbonyl (C=O) groups is 1. The molecule has 2 aromatic heterocycles. The van der Waals surface area contributed by atoms with Crippen LogP contribution >= 0.6 is 0 Å². The summed E-state index contributed by atoms with van der Waals surface area (Å²) in [5, 5.41) is 11.5. The van der Waals surface area contributed by atoms with E-state index >= 15 is 0 Å². The smallest absolute Gasteiger partial charge is 0.267 e. The number of fused-ring (bicyclic) bond motifs is 1. The zero-order chi connectivity index (χ0) is 20.9. The lowest BCUT2D eigenvalue weighted by Crippen LogP contribution is -2.37. The molecule has 3 aromatic rings. The van der Waals surface area contributed by atoms with E-state index in [-0.39, 0.29) is 36.7 Å². The number of hydrogen-bond acceptors (Lipinski definition) is 5. The van der Waals surface area contributed by atoms with Gasteiger partial charge in [-0.3, -0.25) is 14.4 Å².